The van der Waals surface area contributed by atoms with Crippen molar-refractivity contribution in [3.63, 3.8) is 0 Å². The molecule has 0 rings (SSSR count). The second kappa shape index (κ2) is 24.4. The molecule has 0 aliphatic carbocycles. The molecular weight excluding hydrogens is 441 g/mol. The Morgan fingerprint density at radius 1 is 0.806 bits per heavy atom. The third kappa shape index (κ3) is 29.2. The van der Waals surface area contributed by atoms with Crippen LogP contribution in [0.3, 0.4) is 0 Å². The number of phosphoric acid groups is 1. The van der Waals surface area contributed by atoms with Crippen molar-refractivity contribution in [1.82, 2.24) is 0 Å². The minimum absolute atomic E-state index is 0. The minimum Gasteiger partial charge on any atom is -0.790 e. The number of ether oxygens (including phenoxy) is 1. The molecule has 172 valence electrons. The number of esters is 1. The summed E-state index contributed by atoms with van der Waals surface area (Å²) in [7, 11) is -5.14. The number of Topliss-reactive ketones (excluding diaryl/α,β-unsaturated/α-hetero) is 1. The van der Waals surface area contributed by atoms with Gasteiger partial charge in [-0.05, 0) is 19.8 Å². The van der Waals surface area contributed by atoms with Gasteiger partial charge in [0, 0.05) is 12.8 Å². The van der Waals surface area contributed by atoms with Gasteiger partial charge in [-0.2, -0.15) is 0 Å². The summed E-state index contributed by atoms with van der Waals surface area (Å²) in [5.74, 6) is -0.569. The number of hydrogen-bond donors (Lipinski definition) is 0. The summed E-state index contributed by atoms with van der Waals surface area (Å²) >= 11 is 0. The third-order valence-corrected chi connectivity index (χ3v) is 5.23. The number of unbranched alkanes of at least 4 members (excludes halogenated alkanes) is 11. The first kappa shape index (κ1) is 36.8. The molecular formula is C21H39Na2O7P. The van der Waals surface area contributed by atoms with Crippen molar-refractivity contribution in [3.05, 3.63) is 0 Å². The van der Waals surface area contributed by atoms with Crippen molar-refractivity contribution < 1.29 is 92.3 Å². The van der Waals surface area contributed by atoms with Crippen LogP contribution in [0.4, 0.5) is 0 Å². The summed E-state index contributed by atoms with van der Waals surface area (Å²) in [6, 6.07) is 0. The third-order valence-electron chi connectivity index (χ3n) is 4.77. The summed E-state index contributed by atoms with van der Waals surface area (Å²) in [6.45, 7) is 3.07. The molecule has 0 spiro atoms. The van der Waals surface area contributed by atoms with E-state index in [2.05, 4.69) is 11.4 Å². The molecule has 0 N–H and O–H groups in total. The van der Waals surface area contributed by atoms with E-state index in [-0.39, 0.29) is 84.2 Å². The number of carbonyl (C=O) groups is 2. The Kier molecular flexibility index (Phi) is 28.9. The normalized spacial score (nSPS) is 11.9. The minimum atomic E-state index is -5.14. The van der Waals surface area contributed by atoms with E-state index in [9.17, 15) is 23.9 Å². The van der Waals surface area contributed by atoms with Crippen LogP contribution >= 0.6 is 7.82 Å². The number of ketones is 1. The van der Waals surface area contributed by atoms with Crippen LogP contribution in [0.2, 0.25) is 0 Å². The van der Waals surface area contributed by atoms with Gasteiger partial charge in [0.2, 0.25) is 0 Å². The van der Waals surface area contributed by atoms with Gasteiger partial charge >= 0.3 is 65.1 Å². The van der Waals surface area contributed by atoms with Gasteiger partial charge in [0.1, 0.15) is 11.9 Å². The number of phosphoric ester groups is 1. The zero-order valence-electron chi connectivity index (χ0n) is 20.2. The summed E-state index contributed by atoms with van der Waals surface area (Å²) in [5, 5.41) is 0. The molecule has 0 amide bonds. The largest absolute Gasteiger partial charge is 1.00 e. The van der Waals surface area contributed by atoms with Crippen molar-refractivity contribution in [3.8, 4) is 0 Å². The molecule has 0 aromatic carbocycles. The molecule has 7 nitrogen and oxygen atoms in total. The first-order valence-electron chi connectivity index (χ1n) is 11.1. The van der Waals surface area contributed by atoms with E-state index in [1.54, 1.807) is 0 Å². The van der Waals surface area contributed by atoms with E-state index in [0.29, 0.717) is 6.42 Å². The van der Waals surface area contributed by atoms with Crippen LogP contribution in [0, 0.1) is 0 Å². The van der Waals surface area contributed by atoms with Gasteiger partial charge in [0.05, 0.1) is 14.4 Å². The van der Waals surface area contributed by atoms with Crippen LogP contribution in [0.5, 0.6) is 0 Å². The van der Waals surface area contributed by atoms with Crippen LogP contribution in [-0.4, -0.2) is 24.5 Å². The Balaban J connectivity index is -0.00000392. The number of carbonyl (C=O) groups excluding carboxylic acids is 2. The fourth-order valence-corrected chi connectivity index (χ4v) is 3.42. The van der Waals surface area contributed by atoms with Crippen LogP contribution in [0.1, 0.15) is 110 Å². The van der Waals surface area contributed by atoms with Gasteiger partial charge in [-0.25, -0.2) is 0 Å². The van der Waals surface area contributed by atoms with Gasteiger partial charge in [0.25, 0.3) is 0 Å². The second-order valence-electron chi connectivity index (χ2n) is 7.73. The predicted octanol–water partition coefficient (Wildman–Crippen LogP) is -1.79. The molecule has 0 radical (unpaired) electrons. The summed E-state index contributed by atoms with van der Waals surface area (Å²) in [5.41, 5.74) is 0. The Bertz CT molecular complexity index is 486. The van der Waals surface area contributed by atoms with Gasteiger partial charge in [-0.1, -0.05) is 77.6 Å². The second-order valence-corrected chi connectivity index (χ2v) is 8.89. The molecule has 1 atom stereocenters. The van der Waals surface area contributed by atoms with Crippen LogP contribution < -0.4 is 68.9 Å². The Hall–Kier alpha value is 1.25. The molecule has 0 aliphatic rings. The van der Waals surface area contributed by atoms with Gasteiger partial charge < -0.3 is 28.4 Å². The standard InChI is InChI=1S/C21H41O7P.2Na/c1-3-4-5-6-7-8-9-10-11-12-13-14-15-21(23)28-20(17-16-19(2)22)18-27-29(24,25)26;;/h20H,3-18H2,1-2H3,(H2,24,25,26);;/q;2*+1/p-2/t20-;;/m0../s1. The molecule has 0 saturated heterocycles. The molecule has 0 saturated carbocycles. The van der Waals surface area contributed by atoms with Crippen molar-refractivity contribution in [2.75, 3.05) is 6.61 Å². The number of hydrogen-bond acceptors (Lipinski definition) is 7. The topological polar surface area (TPSA) is 116 Å². The average Bonchev–Trinajstić information content (AvgIpc) is 2.64. The Morgan fingerprint density at radius 2 is 1.26 bits per heavy atom. The van der Waals surface area contributed by atoms with Crippen molar-refractivity contribution in [1.29, 1.82) is 0 Å². The van der Waals surface area contributed by atoms with E-state index < -0.39 is 26.5 Å². The first-order valence-corrected chi connectivity index (χ1v) is 12.6. The van der Waals surface area contributed by atoms with Gasteiger partial charge in [-0.3, -0.25) is 4.79 Å². The fourth-order valence-electron chi connectivity index (χ4n) is 3.07. The van der Waals surface area contributed by atoms with Gasteiger partial charge in [0.15, 0.2) is 0 Å². The molecule has 0 heterocycles. The molecule has 0 aliphatic heterocycles. The molecule has 0 bridgehead atoms. The number of rotatable bonds is 20. The molecule has 31 heavy (non-hydrogen) atoms. The van der Waals surface area contributed by atoms with Crippen molar-refractivity contribution in [2.45, 2.75) is 116 Å². The van der Waals surface area contributed by atoms with Crippen LogP contribution in [-0.2, 0) is 23.4 Å². The maximum absolute atomic E-state index is 11.9. The maximum atomic E-state index is 11.9. The van der Waals surface area contributed by atoms with E-state index >= 15 is 0 Å². The smallest absolute Gasteiger partial charge is 0.790 e. The Labute approximate surface area is 233 Å². The molecule has 10 heteroatoms. The molecule has 0 aromatic heterocycles. The van der Waals surface area contributed by atoms with Crippen LogP contribution in [0.25, 0.3) is 0 Å². The van der Waals surface area contributed by atoms with Crippen molar-refractivity contribution >= 4 is 19.6 Å². The Morgan fingerprint density at radius 3 is 1.68 bits per heavy atom. The van der Waals surface area contributed by atoms with E-state index in [0.717, 1.165) is 12.8 Å². The molecule has 0 aromatic rings. The molecule has 0 unspecified atom stereocenters. The summed E-state index contributed by atoms with van der Waals surface area (Å²) < 4.78 is 20.0. The summed E-state index contributed by atoms with van der Waals surface area (Å²) in [6.07, 6.45) is 13.9. The average molecular weight is 480 g/mol. The van der Waals surface area contributed by atoms with Crippen LogP contribution in [0.15, 0.2) is 0 Å². The first-order chi connectivity index (χ1) is 13.7. The SMILES string of the molecule is CCCCCCCCCCCCCCC(=O)O[C@@H](CCC(C)=O)COP(=O)([O-])[O-].[Na+].[Na+]. The zero-order valence-corrected chi connectivity index (χ0v) is 25.1. The predicted molar refractivity (Wildman–Crippen MR) is 109 cm³/mol. The van der Waals surface area contributed by atoms with E-state index in [4.69, 9.17) is 4.74 Å². The van der Waals surface area contributed by atoms with E-state index in [1.165, 1.54) is 64.7 Å². The fraction of sp³-hybridized carbons (Fsp3) is 0.905. The summed E-state index contributed by atoms with van der Waals surface area (Å²) in [4.78, 5) is 44.2. The van der Waals surface area contributed by atoms with Crippen molar-refractivity contribution in [2.24, 2.45) is 0 Å². The quantitative estimate of drug-likeness (QED) is 0.0875. The molecule has 0 fully saturated rings. The van der Waals surface area contributed by atoms with E-state index in [1.807, 2.05) is 0 Å². The monoisotopic (exact) mass is 480 g/mol. The van der Waals surface area contributed by atoms with Gasteiger partial charge in [-0.15, -0.1) is 0 Å². The zero-order chi connectivity index (χ0) is 22.0. The maximum Gasteiger partial charge on any atom is 1.00 e.